The standard InChI is InChI=1S/C18H25ClN4O2/c19-16-3-1-14(2-4-16)18(25)15-5-7-22(8-6-15)23-11-9-21(10-12-23)13-17(20)24/h1-4,15H,5-13H2,(H2,20,24). The molecule has 0 spiro atoms. The average molecular weight is 365 g/mol. The topological polar surface area (TPSA) is 69.9 Å². The van der Waals surface area contributed by atoms with Gasteiger partial charge in [0.1, 0.15) is 0 Å². The summed E-state index contributed by atoms with van der Waals surface area (Å²) in [5.41, 5.74) is 6.01. The number of hydrogen-bond donors (Lipinski definition) is 1. The maximum absolute atomic E-state index is 12.6. The predicted octanol–water partition coefficient (Wildman–Crippen LogP) is 1.25. The highest BCUT2D eigenvalue weighted by molar-refractivity contribution is 6.30. The van der Waals surface area contributed by atoms with E-state index in [0.29, 0.717) is 11.6 Å². The second-order valence-electron chi connectivity index (χ2n) is 6.80. The van der Waals surface area contributed by atoms with Gasteiger partial charge in [0.25, 0.3) is 0 Å². The molecule has 25 heavy (non-hydrogen) atoms. The molecule has 2 fully saturated rings. The van der Waals surface area contributed by atoms with Crippen LogP contribution in [0.2, 0.25) is 5.02 Å². The van der Waals surface area contributed by atoms with Gasteiger partial charge in [-0.1, -0.05) is 11.6 Å². The number of Topliss-reactive ketones (excluding diaryl/α,β-unsaturated/α-hetero) is 1. The Morgan fingerprint density at radius 1 is 0.960 bits per heavy atom. The number of rotatable bonds is 5. The number of hydrazine groups is 1. The first-order valence-electron chi connectivity index (χ1n) is 8.83. The number of piperazine rings is 1. The van der Waals surface area contributed by atoms with E-state index in [4.69, 9.17) is 17.3 Å². The van der Waals surface area contributed by atoms with Crippen LogP contribution in [0.15, 0.2) is 24.3 Å². The highest BCUT2D eigenvalue weighted by Gasteiger charge is 2.30. The Balaban J connectivity index is 1.47. The number of benzene rings is 1. The van der Waals surface area contributed by atoms with E-state index in [9.17, 15) is 9.59 Å². The lowest BCUT2D eigenvalue weighted by atomic mass is 9.89. The molecule has 0 unspecified atom stereocenters. The molecule has 0 aliphatic carbocycles. The summed E-state index contributed by atoms with van der Waals surface area (Å²) in [7, 11) is 0. The van der Waals surface area contributed by atoms with Crippen LogP contribution in [0.1, 0.15) is 23.2 Å². The fraction of sp³-hybridized carbons (Fsp3) is 0.556. The summed E-state index contributed by atoms with van der Waals surface area (Å²) in [5.74, 6) is 0.0474. The summed E-state index contributed by atoms with van der Waals surface area (Å²) in [6.45, 7) is 5.66. The number of carbonyl (C=O) groups excluding carboxylic acids is 2. The smallest absolute Gasteiger partial charge is 0.231 e. The highest BCUT2D eigenvalue weighted by atomic mass is 35.5. The zero-order chi connectivity index (χ0) is 17.8. The number of nitrogens with two attached hydrogens (primary N) is 1. The Morgan fingerprint density at radius 3 is 2.08 bits per heavy atom. The van der Waals surface area contributed by atoms with Crippen molar-refractivity contribution < 1.29 is 9.59 Å². The first kappa shape index (κ1) is 18.3. The maximum atomic E-state index is 12.6. The lowest BCUT2D eigenvalue weighted by Gasteiger charge is -2.43. The molecule has 2 N–H and O–H groups in total. The quantitative estimate of drug-likeness (QED) is 0.796. The van der Waals surface area contributed by atoms with E-state index in [0.717, 1.165) is 57.7 Å². The molecule has 0 aromatic heterocycles. The zero-order valence-electron chi connectivity index (χ0n) is 14.4. The van der Waals surface area contributed by atoms with Crippen LogP contribution in [0.5, 0.6) is 0 Å². The molecule has 0 radical (unpaired) electrons. The Bertz CT molecular complexity index is 606. The van der Waals surface area contributed by atoms with Crippen LogP contribution in [0, 0.1) is 5.92 Å². The van der Waals surface area contributed by atoms with Crippen molar-refractivity contribution in [3.63, 3.8) is 0 Å². The van der Waals surface area contributed by atoms with Crippen molar-refractivity contribution in [2.75, 3.05) is 45.8 Å². The van der Waals surface area contributed by atoms with Gasteiger partial charge in [0, 0.05) is 55.8 Å². The van der Waals surface area contributed by atoms with Crippen LogP contribution in [0.4, 0.5) is 0 Å². The van der Waals surface area contributed by atoms with Crippen molar-refractivity contribution in [2.24, 2.45) is 11.7 Å². The highest BCUT2D eigenvalue weighted by Crippen LogP contribution is 2.24. The number of carbonyl (C=O) groups is 2. The van der Waals surface area contributed by atoms with Crippen LogP contribution in [0.3, 0.4) is 0 Å². The van der Waals surface area contributed by atoms with Gasteiger partial charge in [-0.3, -0.25) is 14.5 Å². The van der Waals surface area contributed by atoms with E-state index < -0.39 is 0 Å². The summed E-state index contributed by atoms with van der Waals surface area (Å²) >= 11 is 5.89. The van der Waals surface area contributed by atoms with Gasteiger partial charge in [0.2, 0.25) is 5.91 Å². The van der Waals surface area contributed by atoms with Crippen molar-refractivity contribution in [3.05, 3.63) is 34.9 Å². The number of hydrogen-bond acceptors (Lipinski definition) is 5. The van der Waals surface area contributed by atoms with Crippen LogP contribution < -0.4 is 5.73 Å². The molecular formula is C18H25ClN4O2. The minimum absolute atomic E-state index is 0.0913. The molecule has 3 rings (SSSR count). The zero-order valence-corrected chi connectivity index (χ0v) is 15.1. The molecule has 2 saturated heterocycles. The average Bonchev–Trinajstić information content (AvgIpc) is 2.62. The van der Waals surface area contributed by atoms with Crippen molar-refractivity contribution >= 4 is 23.3 Å². The van der Waals surface area contributed by atoms with Gasteiger partial charge in [0.05, 0.1) is 6.54 Å². The van der Waals surface area contributed by atoms with Crippen LogP contribution in [-0.2, 0) is 4.79 Å². The summed E-state index contributed by atoms with van der Waals surface area (Å²) in [6.07, 6.45) is 1.76. The van der Waals surface area contributed by atoms with Crippen LogP contribution in [-0.4, -0.2) is 72.4 Å². The van der Waals surface area contributed by atoms with Gasteiger partial charge in [-0.2, -0.15) is 0 Å². The largest absolute Gasteiger partial charge is 0.369 e. The number of primary amides is 1. The molecule has 1 amide bonds. The summed E-state index contributed by atoms with van der Waals surface area (Å²) < 4.78 is 0. The van der Waals surface area contributed by atoms with Gasteiger partial charge < -0.3 is 5.73 Å². The SMILES string of the molecule is NC(=O)CN1CCN(N2CCC(C(=O)c3ccc(Cl)cc3)CC2)CC1. The second-order valence-corrected chi connectivity index (χ2v) is 7.23. The van der Waals surface area contributed by atoms with E-state index in [2.05, 4.69) is 14.9 Å². The van der Waals surface area contributed by atoms with Gasteiger partial charge in [0.15, 0.2) is 5.78 Å². The molecule has 2 heterocycles. The van der Waals surface area contributed by atoms with Crippen LogP contribution >= 0.6 is 11.6 Å². The molecule has 7 heteroatoms. The van der Waals surface area contributed by atoms with E-state index in [1.165, 1.54) is 0 Å². The van der Waals surface area contributed by atoms with Crippen molar-refractivity contribution in [1.82, 2.24) is 14.9 Å². The first-order chi connectivity index (χ1) is 12.0. The Labute approximate surface area is 153 Å². The Kier molecular flexibility index (Phi) is 6.06. The van der Waals surface area contributed by atoms with E-state index in [1.807, 2.05) is 12.1 Å². The molecule has 0 atom stereocenters. The lowest BCUT2D eigenvalue weighted by Crippen LogP contribution is -2.56. The molecule has 0 bridgehead atoms. The third kappa shape index (κ3) is 4.79. The summed E-state index contributed by atoms with van der Waals surface area (Å²) in [6, 6.07) is 7.18. The fourth-order valence-corrected chi connectivity index (χ4v) is 3.79. The number of ketones is 1. The third-order valence-electron chi connectivity index (χ3n) is 5.10. The maximum Gasteiger partial charge on any atom is 0.231 e. The van der Waals surface area contributed by atoms with Gasteiger partial charge in [-0.15, -0.1) is 0 Å². The summed E-state index contributed by atoms with van der Waals surface area (Å²) in [5, 5.41) is 5.36. The monoisotopic (exact) mass is 364 g/mol. The Hall–Kier alpha value is -1.47. The number of nitrogens with zero attached hydrogens (tertiary/aromatic N) is 3. The minimum atomic E-state index is -0.269. The van der Waals surface area contributed by atoms with Gasteiger partial charge in [-0.25, -0.2) is 10.0 Å². The van der Waals surface area contributed by atoms with E-state index >= 15 is 0 Å². The molecule has 2 aliphatic heterocycles. The van der Waals surface area contributed by atoms with E-state index in [1.54, 1.807) is 12.1 Å². The molecule has 2 aliphatic rings. The molecule has 136 valence electrons. The molecular weight excluding hydrogens is 340 g/mol. The van der Waals surface area contributed by atoms with Crippen LogP contribution in [0.25, 0.3) is 0 Å². The predicted molar refractivity (Wildman–Crippen MR) is 97.3 cm³/mol. The first-order valence-corrected chi connectivity index (χ1v) is 9.21. The summed E-state index contributed by atoms with van der Waals surface area (Å²) in [4.78, 5) is 25.7. The Morgan fingerprint density at radius 2 is 1.52 bits per heavy atom. The van der Waals surface area contributed by atoms with Crippen molar-refractivity contribution in [1.29, 1.82) is 0 Å². The molecule has 1 aromatic rings. The number of halogens is 1. The van der Waals surface area contributed by atoms with Crippen molar-refractivity contribution in [3.8, 4) is 0 Å². The second kappa shape index (κ2) is 8.27. The van der Waals surface area contributed by atoms with Gasteiger partial charge >= 0.3 is 0 Å². The van der Waals surface area contributed by atoms with Crippen molar-refractivity contribution in [2.45, 2.75) is 12.8 Å². The molecule has 1 aromatic carbocycles. The third-order valence-corrected chi connectivity index (χ3v) is 5.35. The number of piperidine rings is 1. The lowest BCUT2D eigenvalue weighted by molar-refractivity contribution is -0.121. The molecule has 0 saturated carbocycles. The fourth-order valence-electron chi connectivity index (χ4n) is 3.66. The molecule has 6 nitrogen and oxygen atoms in total. The number of amides is 1. The normalized spacial score (nSPS) is 21.3. The minimum Gasteiger partial charge on any atom is -0.369 e. The van der Waals surface area contributed by atoms with Gasteiger partial charge in [-0.05, 0) is 37.1 Å². The van der Waals surface area contributed by atoms with E-state index in [-0.39, 0.29) is 17.6 Å².